The molecule has 0 aromatic heterocycles. The predicted molar refractivity (Wildman–Crippen MR) is 96.3 cm³/mol. The summed E-state index contributed by atoms with van der Waals surface area (Å²) < 4.78 is 46.2. The standard InChI is InChI=1S/C19H22FNO4S/c1-13(2)18(19(22)25-12-15-10-8-14(3)9-11-15)21-26(23,24)17-7-5-4-6-16(17)20/h4-11,13,18,21H,12H2,1-3H3. The molecule has 0 bridgehead atoms. The number of ether oxygens (including phenoxy) is 1. The quantitative estimate of drug-likeness (QED) is 0.750. The molecular formula is C19H22FNO4S. The number of sulfonamides is 1. The third-order valence-electron chi connectivity index (χ3n) is 3.83. The second-order valence-electron chi connectivity index (χ2n) is 6.37. The molecule has 0 saturated carbocycles. The summed E-state index contributed by atoms with van der Waals surface area (Å²) in [4.78, 5) is 11.9. The fourth-order valence-corrected chi connectivity index (χ4v) is 3.69. The Morgan fingerprint density at radius 3 is 2.31 bits per heavy atom. The van der Waals surface area contributed by atoms with E-state index in [1.54, 1.807) is 13.8 Å². The summed E-state index contributed by atoms with van der Waals surface area (Å²) in [6.45, 7) is 5.34. The van der Waals surface area contributed by atoms with Crippen molar-refractivity contribution in [3.05, 3.63) is 65.5 Å². The van der Waals surface area contributed by atoms with Crippen molar-refractivity contribution in [3.63, 3.8) is 0 Å². The average Bonchev–Trinajstić information content (AvgIpc) is 2.59. The number of hydrogen-bond acceptors (Lipinski definition) is 4. The highest BCUT2D eigenvalue weighted by atomic mass is 32.2. The van der Waals surface area contributed by atoms with Gasteiger partial charge in [-0.05, 0) is 30.5 Å². The zero-order valence-corrected chi connectivity index (χ0v) is 15.7. The van der Waals surface area contributed by atoms with Crippen LogP contribution in [0.1, 0.15) is 25.0 Å². The number of esters is 1. The summed E-state index contributed by atoms with van der Waals surface area (Å²) in [7, 11) is -4.19. The summed E-state index contributed by atoms with van der Waals surface area (Å²) in [5.41, 5.74) is 1.88. The van der Waals surface area contributed by atoms with Gasteiger partial charge in [0.05, 0.1) is 0 Å². The Kier molecular flexibility index (Phi) is 6.50. The maximum absolute atomic E-state index is 13.8. The maximum Gasteiger partial charge on any atom is 0.324 e. The van der Waals surface area contributed by atoms with E-state index in [-0.39, 0.29) is 12.5 Å². The van der Waals surface area contributed by atoms with Gasteiger partial charge in [0.2, 0.25) is 10.0 Å². The Bertz CT molecular complexity index is 863. The van der Waals surface area contributed by atoms with Gasteiger partial charge in [-0.2, -0.15) is 4.72 Å². The molecule has 0 aliphatic carbocycles. The van der Waals surface area contributed by atoms with Crippen LogP contribution in [0.4, 0.5) is 4.39 Å². The Labute approximate surface area is 153 Å². The Morgan fingerprint density at radius 2 is 1.73 bits per heavy atom. The normalized spacial score (nSPS) is 12.8. The van der Waals surface area contributed by atoms with E-state index >= 15 is 0 Å². The lowest BCUT2D eigenvalue weighted by Crippen LogP contribution is -2.45. The molecule has 2 rings (SSSR count). The van der Waals surface area contributed by atoms with Crippen molar-refractivity contribution in [3.8, 4) is 0 Å². The van der Waals surface area contributed by atoms with Gasteiger partial charge in [-0.25, -0.2) is 12.8 Å². The molecule has 0 aliphatic rings. The number of carbonyl (C=O) groups is 1. The van der Waals surface area contributed by atoms with Crippen LogP contribution in [-0.2, 0) is 26.2 Å². The number of benzene rings is 2. The van der Waals surface area contributed by atoms with Gasteiger partial charge in [0.1, 0.15) is 23.4 Å². The third kappa shape index (κ3) is 5.12. The second kappa shape index (κ2) is 8.42. The van der Waals surface area contributed by atoms with Crippen LogP contribution in [0.5, 0.6) is 0 Å². The number of halogens is 1. The highest BCUT2D eigenvalue weighted by Gasteiger charge is 2.30. The molecule has 1 atom stereocenters. The fraction of sp³-hybridized carbons (Fsp3) is 0.316. The van der Waals surface area contributed by atoms with Crippen LogP contribution in [0, 0.1) is 18.7 Å². The van der Waals surface area contributed by atoms with Gasteiger partial charge in [0.15, 0.2) is 0 Å². The first-order chi connectivity index (χ1) is 12.2. The SMILES string of the molecule is Cc1ccc(COC(=O)C(NS(=O)(=O)c2ccccc2F)C(C)C)cc1. The van der Waals surface area contributed by atoms with Gasteiger partial charge >= 0.3 is 5.97 Å². The minimum absolute atomic E-state index is 0.0315. The van der Waals surface area contributed by atoms with Crippen molar-refractivity contribution < 1.29 is 22.3 Å². The van der Waals surface area contributed by atoms with Crippen LogP contribution in [0.2, 0.25) is 0 Å². The smallest absolute Gasteiger partial charge is 0.324 e. The van der Waals surface area contributed by atoms with E-state index in [0.29, 0.717) is 0 Å². The van der Waals surface area contributed by atoms with E-state index in [2.05, 4.69) is 4.72 Å². The zero-order valence-electron chi connectivity index (χ0n) is 14.9. The molecule has 2 aromatic carbocycles. The topological polar surface area (TPSA) is 72.5 Å². The number of nitrogens with one attached hydrogen (secondary N) is 1. The highest BCUT2D eigenvalue weighted by molar-refractivity contribution is 7.89. The predicted octanol–water partition coefficient (Wildman–Crippen LogP) is 3.18. The van der Waals surface area contributed by atoms with Crippen molar-refractivity contribution in [2.75, 3.05) is 0 Å². The molecule has 0 amide bonds. The summed E-state index contributed by atoms with van der Waals surface area (Å²) >= 11 is 0. The van der Waals surface area contributed by atoms with Crippen LogP contribution in [-0.4, -0.2) is 20.4 Å². The minimum Gasteiger partial charge on any atom is -0.460 e. The first-order valence-electron chi connectivity index (χ1n) is 8.20. The van der Waals surface area contributed by atoms with E-state index in [1.807, 2.05) is 31.2 Å². The molecule has 0 aliphatic heterocycles. The lowest BCUT2D eigenvalue weighted by atomic mass is 10.1. The van der Waals surface area contributed by atoms with E-state index in [4.69, 9.17) is 4.74 Å². The van der Waals surface area contributed by atoms with Gasteiger partial charge in [-0.1, -0.05) is 55.8 Å². The number of aryl methyl sites for hydroxylation is 1. The van der Waals surface area contributed by atoms with Gasteiger partial charge in [0.25, 0.3) is 0 Å². The fourth-order valence-electron chi connectivity index (χ4n) is 2.28. The van der Waals surface area contributed by atoms with E-state index in [0.717, 1.165) is 23.3 Å². The molecule has 5 nitrogen and oxygen atoms in total. The molecule has 1 unspecified atom stereocenters. The molecule has 1 N–H and O–H groups in total. The maximum atomic E-state index is 13.8. The first kappa shape index (κ1) is 20.1. The average molecular weight is 379 g/mol. The van der Waals surface area contributed by atoms with Crippen molar-refractivity contribution >= 4 is 16.0 Å². The molecule has 0 fully saturated rings. The molecular weight excluding hydrogens is 357 g/mol. The van der Waals surface area contributed by atoms with Crippen LogP contribution >= 0.6 is 0 Å². The van der Waals surface area contributed by atoms with Gasteiger partial charge in [0, 0.05) is 0 Å². The van der Waals surface area contributed by atoms with Crippen LogP contribution in [0.15, 0.2) is 53.4 Å². The van der Waals surface area contributed by atoms with Gasteiger partial charge < -0.3 is 4.74 Å². The second-order valence-corrected chi connectivity index (χ2v) is 8.05. The monoisotopic (exact) mass is 379 g/mol. The molecule has 7 heteroatoms. The van der Waals surface area contributed by atoms with E-state index < -0.39 is 32.7 Å². The molecule has 0 saturated heterocycles. The third-order valence-corrected chi connectivity index (χ3v) is 5.30. The molecule has 26 heavy (non-hydrogen) atoms. The lowest BCUT2D eigenvalue weighted by molar-refractivity contribution is -0.148. The molecule has 0 heterocycles. The summed E-state index contributed by atoms with van der Waals surface area (Å²) in [6, 6.07) is 11.3. The lowest BCUT2D eigenvalue weighted by Gasteiger charge is -2.21. The van der Waals surface area contributed by atoms with Crippen molar-refractivity contribution in [2.24, 2.45) is 5.92 Å². The molecule has 0 radical (unpaired) electrons. The molecule has 0 spiro atoms. The van der Waals surface area contributed by atoms with E-state index in [1.165, 1.54) is 12.1 Å². The largest absolute Gasteiger partial charge is 0.460 e. The summed E-state index contributed by atoms with van der Waals surface area (Å²) in [6.07, 6.45) is 0. The Balaban J connectivity index is 2.11. The van der Waals surface area contributed by atoms with Crippen LogP contribution in [0.3, 0.4) is 0 Å². The first-order valence-corrected chi connectivity index (χ1v) is 9.68. The van der Waals surface area contributed by atoms with Crippen molar-refractivity contribution in [1.29, 1.82) is 0 Å². The minimum atomic E-state index is -4.19. The van der Waals surface area contributed by atoms with Gasteiger partial charge in [-0.3, -0.25) is 4.79 Å². The number of hydrogen-bond donors (Lipinski definition) is 1. The summed E-state index contributed by atoms with van der Waals surface area (Å²) in [5, 5.41) is 0. The van der Waals surface area contributed by atoms with Gasteiger partial charge in [-0.15, -0.1) is 0 Å². The van der Waals surface area contributed by atoms with Crippen molar-refractivity contribution in [1.82, 2.24) is 4.72 Å². The highest BCUT2D eigenvalue weighted by Crippen LogP contribution is 2.16. The van der Waals surface area contributed by atoms with Crippen molar-refractivity contribution in [2.45, 2.75) is 38.3 Å². The summed E-state index contributed by atoms with van der Waals surface area (Å²) in [5.74, 6) is -1.96. The molecule has 2 aromatic rings. The Hall–Kier alpha value is -2.25. The number of rotatable bonds is 7. The molecule has 140 valence electrons. The Morgan fingerprint density at radius 1 is 1.12 bits per heavy atom. The van der Waals surface area contributed by atoms with Crippen LogP contribution in [0.25, 0.3) is 0 Å². The van der Waals surface area contributed by atoms with Crippen LogP contribution < -0.4 is 4.72 Å². The number of carbonyl (C=O) groups excluding carboxylic acids is 1. The zero-order chi connectivity index (χ0) is 19.3. The van der Waals surface area contributed by atoms with E-state index in [9.17, 15) is 17.6 Å².